The summed E-state index contributed by atoms with van der Waals surface area (Å²) < 4.78 is 3.09. The Balaban J connectivity index is 1.67. The lowest BCUT2D eigenvalue weighted by atomic mass is 10.2. The van der Waals surface area contributed by atoms with Crippen molar-refractivity contribution < 1.29 is 9.59 Å². The number of halogens is 2. The molecule has 0 radical (unpaired) electrons. The van der Waals surface area contributed by atoms with Gasteiger partial charge in [-0.1, -0.05) is 11.6 Å². The minimum Gasteiger partial charge on any atom is -0.317 e. The predicted molar refractivity (Wildman–Crippen MR) is 114 cm³/mol. The van der Waals surface area contributed by atoms with Crippen LogP contribution in [0.2, 0.25) is 5.02 Å². The first-order valence-corrected chi connectivity index (χ1v) is 9.54. The molecule has 0 aliphatic carbocycles. The number of carbonyl (C=O) groups excluding carboxylic acids is 2. The molecule has 1 fully saturated rings. The number of amides is 3. The van der Waals surface area contributed by atoms with Crippen molar-refractivity contribution in [3.63, 3.8) is 0 Å². The monoisotopic (exact) mass is 489 g/mol. The van der Waals surface area contributed by atoms with Crippen LogP contribution in [0.25, 0.3) is 11.8 Å². The van der Waals surface area contributed by atoms with Crippen molar-refractivity contribution in [2.24, 2.45) is 0 Å². The van der Waals surface area contributed by atoms with E-state index in [9.17, 15) is 9.59 Å². The standard InChI is InChI=1S/C20H13ClIN3O2/c21-13-3-7-16(8-4-13)25-19(26)18(23-20(25)27)12-17-2-1-11-24(17)15-9-5-14(22)6-10-15/h1-12H,(H,23,27). The maximum atomic E-state index is 12.8. The molecule has 0 unspecified atom stereocenters. The molecule has 1 saturated heterocycles. The minimum absolute atomic E-state index is 0.223. The summed E-state index contributed by atoms with van der Waals surface area (Å²) in [4.78, 5) is 26.2. The van der Waals surface area contributed by atoms with Crippen LogP contribution in [-0.4, -0.2) is 16.5 Å². The van der Waals surface area contributed by atoms with E-state index in [1.54, 1.807) is 30.3 Å². The summed E-state index contributed by atoms with van der Waals surface area (Å²) >= 11 is 8.13. The molecule has 2 heterocycles. The number of carbonyl (C=O) groups is 2. The summed E-state index contributed by atoms with van der Waals surface area (Å²) in [6, 6.07) is 17.9. The Morgan fingerprint density at radius 2 is 1.59 bits per heavy atom. The van der Waals surface area contributed by atoms with Gasteiger partial charge in [0.2, 0.25) is 0 Å². The number of benzene rings is 2. The fourth-order valence-electron chi connectivity index (χ4n) is 2.86. The number of nitrogens with zero attached hydrogens (tertiary/aromatic N) is 2. The summed E-state index contributed by atoms with van der Waals surface area (Å²) in [7, 11) is 0. The van der Waals surface area contributed by atoms with Gasteiger partial charge in [0.1, 0.15) is 5.70 Å². The molecule has 0 atom stereocenters. The Labute approximate surface area is 174 Å². The molecule has 1 aliphatic heterocycles. The largest absolute Gasteiger partial charge is 0.333 e. The molecule has 1 N–H and O–H groups in total. The van der Waals surface area contributed by atoms with Gasteiger partial charge in [0.05, 0.1) is 5.69 Å². The fraction of sp³-hybridized carbons (Fsp3) is 0. The zero-order valence-electron chi connectivity index (χ0n) is 13.9. The number of imide groups is 1. The van der Waals surface area contributed by atoms with Gasteiger partial charge in [0, 0.05) is 26.2 Å². The normalized spacial score (nSPS) is 15.5. The minimum atomic E-state index is -0.485. The second kappa shape index (κ2) is 7.21. The first kappa shape index (κ1) is 17.8. The van der Waals surface area contributed by atoms with E-state index in [4.69, 9.17) is 11.6 Å². The molecule has 3 aromatic rings. The second-order valence-corrected chi connectivity index (χ2v) is 7.57. The number of nitrogens with one attached hydrogen (secondary N) is 1. The van der Waals surface area contributed by atoms with Gasteiger partial charge in [-0.05, 0) is 89.3 Å². The van der Waals surface area contributed by atoms with E-state index in [-0.39, 0.29) is 5.70 Å². The van der Waals surface area contributed by atoms with E-state index in [0.29, 0.717) is 10.7 Å². The van der Waals surface area contributed by atoms with Crippen LogP contribution >= 0.6 is 34.2 Å². The van der Waals surface area contributed by atoms with Gasteiger partial charge < -0.3 is 9.88 Å². The predicted octanol–water partition coefficient (Wildman–Crippen LogP) is 4.83. The summed E-state index contributed by atoms with van der Waals surface area (Å²) in [6.07, 6.45) is 3.58. The molecule has 27 heavy (non-hydrogen) atoms. The lowest BCUT2D eigenvalue weighted by molar-refractivity contribution is -0.113. The molecule has 2 aromatic carbocycles. The van der Waals surface area contributed by atoms with Gasteiger partial charge >= 0.3 is 6.03 Å². The number of aromatic nitrogens is 1. The van der Waals surface area contributed by atoms with Gasteiger partial charge in [-0.2, -0.15) is 0 Å². The number of hydrogen-bond acceptors (Lipinski definition) is 2. The highest BCUT2D eigenvalue weighted by Crippen LogP contribution is 2.24. The molecule has 3 amide bonds. The van der Waals surface area contributed by atoms with Crippen LogP contribution in [0.5, 0.6) is 0 Å². The maximum absolute atomic E-state index is 12.8. The molecule has 1 aromatic heterocycles. The Morgan fingerprint density at radius 1 is 0.926 bits per heavy atom. The summed E-state index contributed by atoms with van der Waals surface area (Å²) in [5.74, 6) is -0.405. The van der Waals surface area contributed by atoms with E-state index >= 15 is 0 Å². The number of rotatable bonds is 3. The second-order valence-electron chi connectivity index (χ2n) is 5.88. The third-order valence-electron chi connectivity index (χ3n) is 4.14. The van der Waals surface area contributed by atoms with Crippen LogP contribution in [0.3, 0.4) is 0 Å². The molecule has 7 heteroatoms. The fourth-order valence-corrected chi connectivity index (χ4v) is 3.34. The van der Waals surface area contributed by atoms with Crippen LogP contribution in [0.15, 0.2) is 72.6 Å². The van der Waals surface area contributed by atoms with Crippen molar-refractivity contribution in [1.82, 2.24) is 9.88 Å². The molecule has 1 aliphatic rings. The molecule has 0 spiro atoms. The van der Waals surface area contributed by atoms with Crippen molar-refractivity contribution in [2.45, 2.75) is 0 Å². The molecular weight excluding hydrogens is 477 g/mol. The molecule has 5 nitrogen and oxygen atoms in total. The molecular formula is C20H13ClIN3O2. The molecule has 0 bridgehead atoms. The van der Waals surface area contributed by atoms with Gasteiger partial charge in [-0.15, -0.1) is 0 Å². The van der Waals surface area contributed by atoms with Crippen LogP contribution in [-0.2, 0) is 4.79 Å². The van der Waals surface area contributed by atoms with Crippen LogP contribution in [0.4, 0.5) is 10.5 Å². The summed E-state index contributed by atoms with van der Waals surface area (Å²) in [6.45, 7) is 0. The highest BCUT2D eigenvalue weighted by Gasteiger charge is 2.35. The Hall–Kier alpha value is -2.58. The number of hydrogen-bond donors (Lipinski definition) is 1. The van der Waals surface area contributed by atoms with Crippen LogP contribution in [0, 0.1) is 3.57 Å². The van der Waals surface area contributed by atoms with Gasteiger partial charge in [-0.25, -0.2) is 9.69 Å². The van der Waals surface area contributed by atoms with Crippen molar-refractivity contribution in [3.8, 4) is 5.69 Å². The molecule has 134 valence electrons. The van der Waals surface area contributed by atoms with Crippen molar-refractivity contribution in [3.05, 3.63) is 86.8 Å². The van der Waals surface area contributed by atoms with Crippen molar-refractivity contribution in [1.29, 1.82) is 0 Å². The quantitative estimate of drug-likeness (QED) is 0.325. The lowest BCUT2D eigenvalue weighted by Gasteiger charge is -2.11. The Kier molecular flexibility index (Phi) is 4.75. The topological polar surface area (TPSA) is 54.3 Å². The Bertz CT molecular complexity index is 1060. The third kappa shape index (κ3) is 3.50. The summed E-state index contributed by atoms with van der Waals surface area (Å²) in [5, 5.41) is 3.18. The van der Waals surface area contributed by atoms with Crippen LogP contribution in [0.1, 0.15) is 5.69 Å². The van der Waals surface area contributed by atoms with E-state index < -0.39 is 11.9 Å². The van der Waals surface area contributed by atoms with E-state index in [1.165, 1.54) is 0 Å². The van der Waals surface area contributed by atoms with Gasteiger partial charge in [-0.3, -0.25) is 4.79 Å². The smallest absolute Gasteiger partial charge is 0.317 e. The van der Waals surface area contributed by atoms with Crippen molar-refractivity contribution in [2.75, 3.05) is 4.90 Å². The average Bonchev–Trinajstić information content (AvgIpc) is 3.22. The van der Waals surface area contributed by atoms with E-state index in [1.807, 2.05) is 47.2 Å². The number of urea groups is 1. The maximum Gasteiger partial charge on any atom is 0.333 e. The van der Waals surface area contributed by atoms with Crippen molar-refractivity contribution >= 4 is 57.9 Å². The Morgan fingerprint density at radius 3 is 2.30 bits per heavy atom. The van der Waals surface area contributed by atoms with E-state index in [0.717, 1.165) is 19.9 Å². The first-order valence-electron chi connectivity index (χ1n) is 8.09. The summed E-state index contributed by atoms with van der Waals surface area (Å²) in [5.41, 5.74) is 2.45. The highest BCUT2D eigenvalue weighted by atomic mass is 127. The van der Waals surface area contributed by atoms with Gasteiger partial charge in [0.15, 0.2) is 0 Å². The van der Waals surface area contributed by atoms with E-state index in [2.05, 4.69) is 27.9 Å². The zero-order valence-corrected chi connectivity index (χ0v) is 16.8. The number of anilines is 1. The van der Waals surface area contributed by atoms with Crippen LogP contribution < -0.4 is 10.2 Å². The average molecular weight is 490 g/mol. The highest BCUT2D eigenvalue weighted by molar-refractivity contribution is 14.1. The zero-order chi connectivity index (χ0) is 19.0. The third-order valence-corrected chi connectivity index (χ3v) is 5.11. The first-order chi connectivity index (χ1) is 13.0. The molecule has 4 rings (SSSR count). The van der Waals surface area contributed by atoms with Gasteiger partial charge in [0.25, 0.3) is 5.91 Å². The SMILES string of the molecule is O=C1NC(=Cc2cccn2-c2ccc(I)cc2)C(=O)N1c1ccc(Cl)cc1. The molecule has 0 saturated carbocycles. The lowest BCUT2D eigenvalue weighted by Crippen LogP contribution is -2.30.